The molecule has 10 heteroatoms. The van der Waals surface area contributed by atoms with Gasteiger partial charge in [0, 0.05) is 19.2 Å². The monoisotopic (exact) mass is 545 g/mol. The fraction of sp³-hybridized carbons (Fsp3) is 0.379. The Labute approximate surface area is 224 Å². The van der Waals surface area contributed by atoms with Gasteiger partial charge in [-0.2, -0.15) is 13.2 Å². The maximum absolute atomic E-state index is 14.2. The summed E-state index contributed by atoms with van der Waals surface area (Å²) < 4.78 is 54.3. The van der Waals surface area contributed by atoms with Crippen LogP contribution in [0, 0.1) is 12.7 Å². The van der Waals surface area contributed by atoms with Crippen molar-refractivity contribution in [2.24, 2.45) is 0 Å². The number of hydrogen-bond donors (Lipinski definition) is 2. The number of hydrogen-bond acceptors (Lipinski definition) is 5. The average molecular weight is 546 g/mol. The van der Waals surface area contributed by atoms with E-state index in [-0.39, 0.29) is 24.8 Å². The highest BCUT2D eigenvalue weighted by Gasteiger charge is 2.38. The lowest BCUT2D eigenvalue weighted by Crippen LogP contribution is -2.42. The van der Waals surface area contributed by atoms with Gasteiger partial charge in [0.25, 0.3) is 0 Å². The van der Waals surface area contributed by atoms with Crippen LogP contribution in [0.4, 0.5) is 29.1 Å². The Morgan fingerprint density at radius 3 is 2.41 bits per heavy atom. The zero-order valence-electron chi connectivity index (χ0n) is 22.1. The molecule has 1 amide bonds. The fourth-order valence-corrected chi connectivity index (χ4v) is 5.06. The van der Waals surface area contributed by atoms with Crippen molar-refractivity contribution in [1.82, 2.24) is 4.98 Å². The minimum Gasteiger partial charge on any atom is -0.394 e. The summed E-state index contributed by atoms with van der Waals surface area (Å²) in [5.74, 6) is -1.13. The number of alkyl halides is 3. The first-order chi connectivity index (χ1) is 18.2. The van der Waals surface area contributed by atoms with Gasteiger partial charge in [0.05, 0.1) is 41.6 Å². The number of amides is 1. The summed E-state index contributed by atoms with van der Waals surface area (Å²) in [5.41, 5.74) is -0.0315. The molecule has 1 saturated heterocycles. The highest BCUT2D eigenvalue weighted by atomic mass is 19.4. The van der Waals surface area contributed by atoms with Crippen molar-refractivity contribution in [3.05, 3.63) is 77.2 Å². The van der Waals surface area contributed by atoms with Crippen molar-refractivity contribution < 1.29 is 32.6 Å². The molecular weight excluding hydrogens is 514 g/mol. The van der Waals surface area contributed by atoms with Gasteiger partial charge in [-0.25, -0.2) is 9.37 Å². The molecule has 1 aromatic heterocycles. The van der Waals surface area contributed by atoms with E-state index in [4.69, 9.17) is 0 Å². The molecule has 2 unspecified atom stereocenters. The number of benzene rings is 2. The Kier molecular flexibility index (Phi) is 7.73. The maximum Gasteiger partial charge on any atom is 0.416 e. The second kappa shape index (κ2) is 10.6. The van der Waals surface area contributed by atoms with Crippen molar-refractivity contribution >= 4 is 17.4 Å². The summed E-state index contributed by atoms with van der Waals surface area (Å²) in [7, 11) is 1.50. The Balaban J connectivity index is 1.79. The van der Waals surface area contributed by atoms with Crippen molar-refractivity contribution in [1.29, 1.82) is 0 Å². The van der Waals surface area contributed by atoms with Crippen LogP contribution in [0.25, 0.3) is 11.1 Å². The summed E-state index contributed by atoms with van der Waals surface area (Å²) in [6.45, 7) is 4.93. The van der Waals surface area contributed by atoms with E-state index in [1.54, 1.807) is 6.07 Å². The van der Waals surface area contributed by atoms with Crippen LogP contribution in [-0.4, -0.2) is 53.4 Å². The Morgan fingerprint density at radius 2 is 1.77 bits per heavy atom. The summed E-state index contributed by atoms with van der Waals surface area (Å²) in [6, 6.07) is 11.1. The molecule has 0 aliphatic carbocycles. The van der Waals surface area contributed by atoms with Gasteiger partial charge in [-0.05, 0) is 68.1 Å². The van der Waals surface area contributed by atoms with Crippen LogP contribution in [-0.2, 0) is 16.4 Å². The predicted molar refractivity (Wildman–Crippen MR) is 141 cm³/mol. The van der Waals surface area contributed by atoms with Crippen molar-refractivity contribution in [2.75, 3.05) is 30.0 Å². The molecule has 208 valence electrons. The van der Waals surface area contributed by atoms with Gasteiger partial charge < -0.3 is 20.0 Å². The van der Waals surface area contributed by atoms with E-state index in [1.807, 2.05) is 36.1 Å². The van der Waals surface area contributed by atoms with Crippen LogP contribution in [0.1, 0.15) is 37.0 Å². The highest BCUT2D eigenvalue weighted by Crippen LogP contribution is 2.39. The number of aryl methyl sites for hydroxylation is 1. The highest BCUT2D eigenvalue weighted by molar-refractivity contribution is 6.03. The summed E-state index contributed by atoms with van der Waals surface area (Å²) >= 11 is 0. The molecule has 2 aromatic carbocycles. The van der Waals surface area contributed by atoms with Gasteiger partial charge in [-0.15, -0.1) is 0 Å². The number of β-amino-alcohol motifs (C(OH)–C–C–N with tert-alkyl or cyclic N) is 1. The summed E-state index contributed by atoms with van der Waals surface area (Å²) in [5, 5.41) is 20.0. The van der Waals surface area contributed by atoms with E-state index < -0.39 is 35.0 Å². The molecule has 0 spiro atoms. The van der Waals surface area contributed by atoms with E-state index in [0.717, 1.165) is 23.3 Å². The van der Waals surface area contributed by atoms with Crippen molar-refractivity contribution in [3.8, 4) is 11.1 Å². The maximum atomic E-state index is 14.2. The number of halogens is 4. The van der Waals surface area contributed by atoms with Crippen molar-refractivity contribution in [3.63, 3.8) is 0 Å². The third-order valence-corrected chi connectivity index (χ3v) is 7.35. The third-order valence-electron chi connectivity index (χ3n) is 7.35. The second-order valence-electron chi connectivity index (χ2n) is 10.5. The molecule has 0 radical (unpaired) electrons. The van der Waals surface area contributed by atoms with Gasteiger partial charge >= 0.3 is 6.18 Å². The van der Waals surface area contributed by atoms with Crippen LogP contribution in [0.2, 0.25) is 0 Å². The minimum atomic E-state index is -4.77. The lowest BCUT2D eigenvalue weighted by atomic mass is 9.82. The molecule has 2 atom stereocenters. The molecule has 2 heterocycles. The first-order valence-corrected chi connectivity index (χ1v) is 12.5. The number of aliphatic hydroxyl groups excluding tert-OH is 2. The molecule has 0 bridgehead atoms. The molecule has 3 aromatic rings. The van der Waals surface area contributed by atoms with E-state index >= 15 is 0 Å². The molecule has 1 aliphatic rings. The zero-order chi connectivity index (χ0) is 28.7. The Hall–Kier alpha value is -3.50. The number of carbonyl (C=O) groups is 1. The van der Waals surface area contributed by atoms with Crippen LogP contribution in [0.5, 0.6) is 0 Å². The third kappa shape index (κ3) is 5.62. The Morgan fingerprint density at radius 1 is 1.10 bits per heavy atom. The van der Waals surface area contributed by atoms with Crippen LogP contribution in [0.3, 0.4) is 0 Å². The molecule has 0 saturated carbocycles. The normalized spacial score (nSPS) is 17.9. The molecule has 4 rings (SSSR count). The molecule has 39 heavy (non-hydrogen) atoms. The Bertz CT molecular complexity index is 1380. The molecule has 1 fully saturated rings. The van der Waals surface area contributed by atoms with Gasteiger partial charge in [0.2, 0.25) is 5.91 Å². The predicted octanol–water partition coefficient (Wildman–Crippen LogP) is 5.09. The lowest BCUT2D eigenvalue weighted by Gasteiger charge is -2.32. The first-order valence-electron chi connectivity index (χ1n) is 12.5. The molecule has 1 aliphatic heterocycles. The van der Waals surface area contributed by atoms with E-state index in [2.05, 4.69) is 4.98 Å². The number of anilines is 2. The zero-order valence-corrected chi connectivity index (χ0v) is 22.1. The van der Waals surface area contributed by atoms with Gasteiger partial charge in [-0.1, -0.05) is 24.3 Å². The van der Waals surface area contributed by atoms with E-state index in [9.17, 15) is 32.6 Å². The van der Waals surface area contributed by atoms with E-state index in [1.165, 1.54) is 32.0 Å². The minimum absolute atomic E-state index is 0.106. The number of likely N-dealkylation sites (N-methyl/N-ethyl adjacent to an activating group) is 1. The van der Waals surface area contributed by atoms with Gasteiger partial charge in [0.1, 0.15) is 11.6 Å². The second-order valence-corrected chi connectivity index (χ2v) is 10.5. The quantitative estimate of drug-likeness (QED) is 0.422. The molecule has 6 nitrogen and oxygen atoms in total. The van der Waals surface area contributed by atoms with Crippen molar-refractivity contribution in [2.45, 2.75) is 50.9 Å². The molecule has 2 N–H and O–H groups in total. The first kappa shape index (κ1) is 28.5. The number of rotatable bonds is 6. The number of aromatic nitrogens is 1. The molecular formula is C29H31F4N3O3. The smallest absolute Gasteiger partial charge is 0.394 e. The number of nitrogens with zero attached hydrogens (tertiary/aromatic N) is 3. The number of pyridine rings is 1. The van der Waals surface area contributed by atoms with Crippen LogP contribution in [0.15, 0.2) is 54.7 Å². The van der Waals surface area contributed by atoms with E-state index in [0.29, 0.717) is 29.6 Å². The largest absolute Gasteiger partial charge is 0.416 e. The van der Waals surface area contributed by atoms with Crippen LogP contribution < -0.4 is 9.80 Å². The summed E-state index contributed by atoms with van der Waals surface area (Å²) in [6.07, 6.45) is -3.50. The van der Waals surface area contributed by atoms with Gasteiger partial charge in [-0.3, -0.25) is 4.79 Å². The summed E-state index contributed by atoms with van der Waals surface area (Å²) in [4.78, 5) is 21.5. The SMILES string of the molecule is Cc1ccccc1-c1cc(N2CC(O)CC2CO)ncc1N(C)C(=O)C(C)(C)c1cc(F)cc(C(F)(F)F)c1. The van der Waals surface area contributed by atoms with Gasteiger partial charge in [0.15, 0.2) is 0 Å². The number of aliphatic hydroxyl groups is 2. The number of carbonyl (C=O) groups excluding carboxylic acids is 1. The fourth-order valence-electron chi connectivity index (χ4n) is 5.06. The lowest BCUT2D eigenvalue weighted by molar-refractivity contribution is -0.138. The standard InChI is InChI=1S/C29H31F4N3O3/c1-17-7-5-6-8-23(17)24-13-26(36-15-22(38)12-21(36)16-37)34-14-25(24)35(4)27(39)28(2,3)18-9-19(29(31,32)33)11-20(30)10-18/h5-11,13-14,21-22,37-38H,12,15-16H2,1-4H3. The van der Waals surface area contributed by atoms with Crippen LogP contribution >= 0.6 is 0 Å². The topological polar surface area (TPSA) is 76.9 Å². The average Bonchev–Trinajstić information content (AvgIpc) is 3.27.